The van der Waals surface area contributed by atoms with Gasteiger partial charge in [-0.1, -0.05) is 0 Å². The monoisotopic (exact) mass is 207 g/mol. The molecule has 0 aliphatic heterocycles. The summed E-state index contributed by atoms with van der Waals surface area (Å²) in [5.41, 5.74) is 5.58. The van der Waals surface area contributed by atoms with Crippen LogP contribution in [-0.4, -0.2) is 9.55 Å². The van der Waals surface area contributed by atoms with E-state index in [1.807, 2.05) is 0 Å². The summed E-state index contributed by atoms with van der Waals surface area (Å²) in [6.45, 7) is 0. The molecule has 5 heteroatoms. The molecule has 15 heavy (non-hydrogen) atoms. The Morgan fingerprint density at radius 1 is 1.33 bits per heavy atom. The van der Waals surface area contributed by atoms with Gasteiger partial charge in [-0.15, -0.1) is 0 Å². The quantitative estimate of drug-likeness (QED) is 0.818. The molecule has 1 aromatic heterocycles. The van der Waals surface area contributed by atoms with Gasteiger partial charge in [-0.3, -0.25) is 4.57 Å². The fraction of sp³-hybridized carbons (Fsp3) is 0.100. The molecule has 2 N–H and O–H groups in total. The maximum absolute atomic E-state index is 12.6. The van der Waals surface area contributed by atoms with E-state index in [9.17, 15) is 4.39 Å². The summed E-state index contributed by atoms with van der Waals surface area (Å²) < 4.78 is 19.6. The maximum atomic E-state index is 12.6. The van der Waals surface area contributed by atoms with Gasteiger partial charge in [-0.2, -0.15) is 0 Å². The van der Waals surface area contributed by atoms with E-state index in [0.717, 1.165) is 0 Å². The SMILES string of the molecule is Cn1c(N)cnc1Oc1ccc(F)cc1. The van der Waals surface area contributed by atoms with Crippen LogP contribution in [0.3, 0.4) is 0 Å². The maximum Gasteiger partial charge on any atom is 0.303 e. The lowest BCUT2D eigenvalue weighted by molar-refractivity contribution is 0.425. The molecule has 2 aromatic rings. The van der Waals surface area contributed by atoms with Crippen molar-refractivity contribution >= 4 is 5.82 Å². The van der Waals surface area contributed by atoms with Crippen LogP contribution in [0.5, 0.6) is 11.8 Å². The number of aromatic nitrogens is 2. The molecule has 0 fully saturated rings. The van der Waals surface area contributed by atoms with E-state index in [4.69, 9.17) is 10.5 Å². The van der Waals surface area contributed by atoms with Crippen molar-refractivity contribution in [3.8, 4) is 11.8 Å². The summed E-state index contributed by atoms with van der Waals surface area (Å²) in [6, 6.07) is 6.07. The topological polar surface area (TPSA) is 53.1 Å². The van der Waals surface area contributed by atoms with E-state index in [0.29, 0.717) is 17.6 Å². The molecule has 0 aliphatic rings. The molecular weight excluding hydrogens is 197 g/mol. The molecule has 1 aromatic carbocycles. The van der Waals surface area contributed by atoms with Crippen LogP contribution in [0.25, 0.3) is 0 Å². The number of hydrogen-bond acceptors (Lipinski definition) is 3. The van der Waals surface area contributed by atoms with E-state index in [-0.39, 0.29) is 5.82 Å². The minimum absolute atomic E-state index is 0.304. The standard InChI is InChI=1S/C10H10FN3O/c1-14-9(12)6-13-10(14)15-8-4-2-7(11)3-5-8/h2-6H,12H2,1H3. The van der Waals surface area contributed by atoms with Gasteiger partial charge in [0.2, 0.25) is 0 Å². The van der Waals surface area contributed by atoms with Gasteiger partial charge in [0.15, 0.2) is 0 Å². The first-order valence-electron chi connectivity index (χ1n) is 4.37. The first kappa shape index (κ1) is 9.51. The molecule has 0 radical (unpaired) electrons. The molecule has 0 saturated carbocycles. The predicted octanol–water partition coefficient (Wildman–Crippen LogP) is 1.93. The molecule has 0 amide bonds. The third-order valence-electron chi connectivity index (χ3n) is 2.00. The fourth-order valence-electron chi connectivity index (χ4n) is 1.11. The zero-order chi connectivity index (χ0) is 10.8. The molecule has 1 heterocycles. The highest BCUT2D eigenvalue weighted by atomic mass is 19.1. The van der Waals surface area contributed by atoms with Gasteiger partial charge in [-0.05, 0) is 24.3 Å². The molecule has 0 unspecified atom stereocenters. The molecule has 2 rings (SSSR count). The van der Waals surface area contributed by atoms with Crippen molar-refractivity contribution in [1.29, 1.82) is 0 Å². The van der Waals surface area contributed by atoms with Crippen molar-refractivity contribution in [3.05, 3.63) is 36.3 Å². The largest absolute Gasteiger partial charge is 0.425 e. The van der Waals surface area contributed by atoms with Crippen LogP contribution in [-0.2, 0) is 7.05 Å². The van der Waals surface area contributed by atoms with Crippen molar-refractivity contribution < 1.29 is 9.13 Å². The third kappa shape index (κ3) is 1.90. The first-order chi connectivity index (χ1) is 7.16. The predicted molar refractivity (Wildman–Crippen MR) is 54.1 cm³/mol. The van der Waals surface area contributed by atoms with E-state index in [2.05, 4.69) is 4.98 Å². The minimum Gasteiger partial charge on any atom is -0.425 e. The number of halogens is 1. The van der Waals surface area contributed by atoms with Gasteiger partial charge < -0.3 is 10.5 Å². The molecule has 0 aliphatic carbocycles. The molecule has 0 spiro atoms. The van der Waals surface area contributed by atoms with Crippen molar-refractivity contribution in [1.82, 2.24) is 9.55 Å². The highest BCUT2D eigenvalue weighted by Crippen LogP contribution is 2.21. The van der Waals surface area contributed by atoms with Crippen molar-refractivity contribution in [2.75, 3.05) is 5.73 Å². The smallest absolute Gasteiger partial charge is 0.303 e. The Morgan fingerprint density at radius 3 is 2.53 bits per heavy atom. The first-order valence-corrected chi connectivity index (χ1v) is 4.37. The summed E-state index contributed by atoms with van der Waals surface area (Å²) in [4.78, 5) is 3.96. The van der Waals surface area contributed by atoms with Gasteiger partial charge in [0.25, 0.3) is 0 Å². The number of anilines is 1. The fourth-order valence-corrected chi connectivity index (χ4v) is 1.11. The lowest BCUT2D eigenvalue weighted by atomic mass is 10.3. The lowest BCUT2D eigenvalue weighted by Crippen LogP contribution is -1.98. The number of hydrogen-bond donors (Lipinski definition) is 1. The van der Waals surface area contributed by atoms with Crippen LogP contribution in [0.2, 0.25) is 0 Å². The van der Waals surface area contributed by atoms with Crippen LogP contribution in [0.4, 0.5) is 10.2 Å². The Bertz CT molecular complexity index is 464. The molecule has 78 valence electrons. The van der Waals surface area contributed by atoms with Gasteiger partial charge >= 0.3 is 6.01 Å². The molecule has 0 atom stereocenters. The van der Waals surface area contributed by atoms with Crippen LogP contribution in [0, 0.1) is 5.82 Å². The molecule has 0 saturated heterocycles. The van der Waals surface area contributed by atoms with Crippen LogP contribution in [0.1, 0.15) is 0 Å². The van der Waals surface area contributed by atoms with Crippen LogP contribution < -0.4 is 10.5 Å². The number of nitrogens with two attached hydrogens (primary N) is 1. The van der Waals surface area contributed by atoms with Crippen LogP contribution >= 0.6 is 0 Å². The summed E-state index contributed by atoms with van der Waals surface area (Å²) in [7, 11) is 1.74. The number of imidazole rings is 1. The molecule has 0 bridgehead atoms. The minimum atomic E-state index is -0.304. The van der Waals surface area contributed by atoms with Crippen molar-refractivity contribution in [2.24, 2.45) is 7.05 Å². The lowest BCUT2D eigenvalue weighted by Gasteiger charge is -2.04. The van der Waals surface area contributed by atoms with E-state index in [1.165, 1.54) is 30.5 Å². The zero-order valence-corrected chi connectivity index (χ0v) is 8.14. The van der Waals surface area contributed by atoms with Gasteiger partial charge in [0, 0.05) is 7.05 Å². The third-order valence-corrected chi connectivity index (χ3v) is 2.00. The van der Waals surface area contributed by atoms with Gasteiger partial charge in [0.1, 0.15) is 17.4 Å². The second kappa shape index (κ2) is 3.61. The Hall–Kier alpha value is -2.04. The Kier molecular flexibility index (Phi) is 2.29. The average molecular weight is 207 g/mol. The highest BCUT2D eigenvalue weighted by Gasteiger charge is 2.05. The Morgan fingerprint density at radius 2 is 2.00 bits per heavy atom. The summed E-state index contributed by atoms with van der Waals surface area (Å²) in [5, 5.41) is 0. The highest BCUT2D eigenvalue weighted by molar-refractivity contribution is 5.32. The number of nitrogen functional groups attached to an aromatic ring is 1. The number of benzene rings is 1. The zero-order valence-electron chi connectivity index (χ0n) is 8.14. The van der Waals surface area contributed by atoms with E-state index >= 15 is 0 Å². The van der Waals surface area contributed by atoms with E-state index in [1.54, 1.807) is 11.6 Å². The van der Waals surface area contributed by atoms with Crippen molar-refractivity contribution in [3.63, 3.8) is 0 Å². The van der Waals surface area contributed by atoms with Crippen LogP contribution in [0.15, 0.2) is 30.5 Å². The van der Waals surface area contributed by atoms with Gasteiger partial charge in [0.05, 0.1) is 6.20 Å². The van der Waals surface area contributed by atoms with Gasteiger partial charge in [-0.25, -0.2) is 9.37 Å². The number of nitrogens with zero attached hydrogens (tertiary/aromatic N) is 2. The summed E-state index contributed by atoms with van der Waals surface area (Å²) in [6.07, 6.45) is 1.50. The second-order valence-corrected chi connectivity index (χ2v) is 3.08. The molecule has 4 nitrogen and oxygen atoms in total. The summed E-state index contributed by atoms with van der Waals surface area (Å²) >= 11 is 0. The normalized spacial score (nSPS) is 10.3. The van der Waals surface area contributed by atoms with Crippen molar-refractivity contribution in [2.45, 2.75) is 0 Å². The second-order valence-electron chi connectivity index (χ2n) is 3.08. The molecular formula is C10H10FN3O. The summed E-state index contributed by atoms with van der Waals surface area (Å²) in [5.74, 6) is 0.721. The van der Waals surface area contributed by atoms with E-state index < -0.39 is 0 Å². The Labute approximate surface area is 86.1 Å². The Balaban J connectivity index is 2.22. The average Bonchev–Trinajstić information content (AvgIpc) is 2.53. The number of rotatable bonds is 2. The number of ether oxygens (including phenoxy) is 1.